The first-order valence-electron chi connectivity index (χ1n) is 7.25. The topological polar surface area (TPSA) is 90.6 Å². The number of benzene rings is 1. The fraction of sp³-hybridized carbons (Fsp3) is 0.400. The van der Waals surface area contributed by atoms with E-state index in [1.54, 1.807) is 12.1 Å². The minimum atomic E-state index is -3.09. The van der Waals surface area contributed by atoms with Gasteiger partial charge in [-0.05, 0) is 11.6 Å². The molecule has 1 aromatic rings. The Morgan fingerprint density at radius 3 is 2.88 bits per heavy atom. The van der Waals surface area contributed by atoms with Crippen LogP contribution in [0.3, 0.4) is 0 Å². The third kappa shape index (κ3) is 3.58. The van der Waals surface area contributed by atoms with Crippen molar-refractivity contribution in [3.8, 4) is 6.07 Å². The number of thioether (sulfide) groups is 1. The molecular formula is C15H14ClN3O3S2. The fourth-order valence-electron chi connectivity index (χ4n) is 2.84. The Bertz CT molecular complexity index is 848. The Morgan fingerprint density at radius 2 is 2.17 bits per heavy atom. The van der Waals surface area contributed by atoms with Crippen molar-refractivity contribution >= 4 is 44.3 Å². The first-order valence-corrected chi connectivity index (χ1v) is 10.3. The number of amidine groups is 1. The standard InChI is InChI=1S/C15H14ClN3O3S2/c16-11-4-2-1-3-10(11)7-19-12-8-24(21,22)9-13(12)23-15(19)18-14(20)5-6-17/h1-4,12-13H,5,7-9H2/t12-,13-/m0/s1. The van der Waals surface area contributed by atoms with E-state index in [1.165, 1.54) is 11.8 Å². The molecule has 2 heterocycles. The summed E-state index contributed by atoms with van der Waals surface area (Å²) in [6.45, 7) is 0.377. The highest BCUT2D eigenvalue weighted by molar-refractivity contribution is 8.15. The molecule has 24 heavy (non-hydrogen) atoms. The number of halogens is 1. The second kappa shape index (κ2) is 6.75. The lowest BCUT2D eigenvalue weighted by molar-refractivity contribution is -0.116. The summed E-state index contributed by atoms with van der Waals surface area (Å²) in [4.78, 5) is 17.6. The maximum Gasteiger partial charge on any atom is 0.262 e. The Hall–Kier alpha value is -1.56. The van der Waals surface area contributed by atoms with Crippen LogP contribution in [-0.2, 0) is 21.2 Å². The summed E-state index contributed by atoms with van der Waals surface area (Å²) >= 11 is 7.50. The molecular weight excluding hydrogens is 370 g/mol. The highest BCUT2D eigenvalue weighted by atomic mass is 35.5. The average Bonchev–Trinajstić information content (AvgIpc) is 2.94. The molecule has 2 fully saturated rings. The number of amides is 1. The number of carbonyl (C=O) groups is 1. The van der Waals surface area contributed by atoms with Gasteiger partial charge in [-0.15, -0.1) is 0 Å². The van der Waals surface area contributed by atoms with Crippen molar-refractivity contribution in [1.82, 2.24) is 4.90 Å². The number of nitriles is 1. The Morgan fingerprint density at radius 1 is 1.42 bits per heavy atom. The van der Waals surface area contributed by atoms with Crippen LogP contribution in [-0.4, -0.2) is 47.2 Å². The van der Waals surface area contributed by atoms with Crippen molar-refractivity contribution < 1.29 is 13.2 Å². The van der Waals surface area contributed by atoms with Crippen LogP contribution >= 0.6 is 23.4 Å². The smallest absolute Gasteiger partial charge is 0.262 e. The van der Waals surface area contributed by atoms with Gasteiger partial charge in [-0.25, -0.2) is 8.42 Å². The molecule has 0 N–H and O–H groups in total. The SMILES string of the molecule is N#CCC(=O)N=C1S[C@H]2CS(=O)(=O)C[C@@H]2N1Cc1ccccc1Cl. The van der Waals surface area contributed by atoms with E-state index in [9.17, 15) is 13.2 Å². The first kappa shape index (κ1) is 17.3. The van der Waals surface area contributed by atoms with Crippen LogP contribution in [0, 0.1) is 11.3 Å². The minimum absolute atomic E-state index is 0.0422. The fourth-order valence-corrected chi connectivity index (χ4v) is 7.01. The summed E-state index contributed by atoms with van der Waals surface area (Å²) in [7, 11) is -3.09. The largest absolute Gasteiger partial charge is 0.342 e. The van der Waals surface area contributed by atoms with Gasteiger partial charge >= 0.3 is 0 Å². The molecule has 9 heteroatoms. The van der Waals surface area contributed by atoms with Crippen molar-refractivity contribution in [3.63, 3.8) is 0 Å². The quantitative estimate of drug-likeness (QED) is 0.791. The summed E-state index contributed by atoms with van der Waals surface area (Å²) in [6.07, 6.45) is -0.294. The normalized spacial score (nSPS) is 26.3. The lowest BCUT2D eigenvalue weighted by atomic mass is 10.1. The second-order valence-electron chi connectivity index (χ2n) is 5.64. The number of carbonyl (C=O) groups excluding carboxylic acids is 1. The number of sulfone groups is 1. The van der Waals surface area contributed by atoms with Crippen LogP contribution in [0.5, 0.6) is 0 Å². The van der Waals surface area contributed by atoms with Gasteiger partial charge in [0.1, 0.15) is 6.42 Å². The van der Waals surface area contributed by atoms with E-state index in [2.05, 4.69) is 4.99 Å². The van der Waals surface area contributed by atoms with Crippen LogP contribution in [0.1, 0.15) is 12.0 Å². The molecule has 2 saturated heterocycles. The third-order valence-corrected chi connectivity index (χ3v) is 7.54. The van der Waals surface area contributed by atoms with E-state index in [0.29, 0.717) is 16.7 Å². The Kier molecular flexibility index (Phi) is 4.85. The highest BCUT2D eigenvalue weighted by Crippen LogP contribution is 2.39. The average molecular weight is 384 g/mol. The first-order chi connectivity index (χ1) is 11.4. The predicted octanol–water partition coefficient (Wildman–Crippen LogP) is 1.85. The monoisotopic (exact) mass is 383 g/mol. The van der Waals surface area contributed by atoms with Gasteiger partial charge < -0.3 is 4.90 Å². The van der Waals surface area contributed by atoms with Crippen molar-refractivity contribution in [2.75, 3.05) is 11.5 Å². The summed E-state index contributed by atoms with van der Waals surface area (Å²) in [5.74, 6) is -0.403. The van der Waals surface area contributed by atoms with Crippen LogP contribution in [0.2, 0.25) is 5.02 Å². The van der Waals surface area contributed by atoms with Crippen molar-refractivity contribution in [2.24, 2.45) is 4.99 Å². The van der Waals surface area contributed by atoms with E-state index in [-0.39, 0.29) is 29.2 Å². The van der Waals surface area contributed by atoms with Gasteiger partial charge in [0.15, 0.2) is 15.0 Å². The van der Waals surface area contributed by atoms with Crippen molar-refractivity contribution in [2.45, 2.75) is 24.3 Å². The molecule has 126 valence electrons. The van der Waals surface area contributed by atoms with Crippen LogP contribution in [0.4, 0.5) is 0 Å². The maximum atomic E-state index is 11.9. The number of nitrogens with zero attached hydrogens (tertiary/aromatic N) is 3. The molecule has 0 radical (unpaired) electrons. The highest BCUT2D eigenvalue weighted by Gasteiger charge is 2.48. The number of rotatable bonds is 3. The van der Waals surface area contributed by atoms with Gasteiger partial charge in [-0.3, -0.25) is 4.79 Å². The maximum absolute atomic E-state index is 11.9. The van der Waals surface area contributed by atoms with Gasteiger partial charge in [0, 0.05) is 16.8 Å². The van der Waals surface area contributed by atoms with Gasteiger partial charge in [-0.1, -0.05) is 41.6 Å². The summed E-state index contributed by atoms with van der Waals surface area (Å²) in [5, 5.41) is 9.52. The van der Waals surface area contributed by atoms with Crippen molar-refractivity contribution in [1.29, 1.82) is 5.26 Å². The second-order valence-corrected chi connectivity index (χ2v) is 9.41. The van der Waals surface area contributed by atoms with Crippen LogP contribution in [0.25, 0.3) is 0 Å². The van der Waals surface area contributed by atoms with Gasteiger partial charge in [0.05, 0.1) is 23.6 Å². The van der Waals surface area contributed by atoms with Gasteiger partial charge in [0.2, 0.25) is 0 Å². The molecule has 0 spiro atoms. The molecule has 1 aromatic carbocycles. The lowest BCUT2D eigenvalue weighted by Gasteiger charge is -2.24. The molecule has 2 atom stereocenters. The molecule has 0 bridgehead atoms. The molecule has 3 rings (SSSR count). The molecule has 2 aliphatic rings. The summed E-state index contributed by atoms with van der Waals surface area (Å²) in [6, 6.07) is 8.84. The number of hydrogen-bond acceptors (Lipinski definition) is 5. The zero-order valence-electron chi connectivity index (χ0n) is 12.6. The molecule has 0 unspecified atom stereocenters. The van der Waals surface area contributed by atoms with E-state index < -0.39 is 15.7 Å². The predicted molar refractivity (Wildman–Crippen MR) is 93.5 cm³/mol. The molecule has 0 aromatic heterocycles. The zero-order valence-corrected chi connectivity index (χ0v) is 14.9. The molecule has 1 amide bonds. The lowest BCUT2D eigenvalue weighted by Crippen LogP contribution is -2.37. The van der Waals surface area contributed by atoms with Crippen LogP contribution in [0.15, 0.2) is 29.3 Å². The van der Waals surface area contributed by atoms with E-state index in [1.807, 2.05) is 23.1 Å². The molecule has 2 aliphatic heterocycles. The molecule has 0 saturated carbocycles. The third-order valence-electron chi connectivity index (χ3n) is 3.92. The van der Waals surface area contributed by atoms with E-state index >= 15 is 0 Å². The van der Waals surface area contributed by atoms with Crippen molar-refractivity contribution in [3.05, 3.63) is 34.9 Å². The van der Waals surface area contributed by atoms with E-state index in [0.717, 1.165) is 5.56 Å². The summed E-state index contributed by atoms with van der Waals surface area (Å²) in [5.41, 5.74) is 0.838. The van der Waals surface area contributed by atoms with Gasteiger partial charge in [-0.2, -0.15) is 10.3 Å². The zero-order chi connectivity index (χ0) is 17.3. The minimum Gasteiger partial charge on any atom is -0.342 e. The number of fused-ring (bicyclic) bond motifs is 1. The Balaban J connectivity index is 1.91. The number of hydrogen-bond donors (Lipinski definition) is 0. The molecule has 0 aliphatic carbocycles. The summed E-state index contributed by atoms with van der Waals surface area (Å²) < 4.78 is 23.8. The Labute approximate surface area is 149 Å². The number of aliphatic imine (C=N–C) groups is 1. The van der Waals surface area contributed by atoms with E-state index in [4.69, 9.17) is 16.9 Å². The van der Waals surface area contributed by atoms with Gasteiger partial charge in [0.25, 0.3) is 5.91 Å². The molecule has 6 nitrogen and oxygen atoms in total. The van der Waals surface area contributed by atoms with Crippen LogP contribution < -0.4 is 0 Å².